The van der Waals surface area contributed by atoms with Crippen LogP contribution in [0.5, 0.6) is 5.75 Å². The number of imide groups is 1. The third-order valence-electron chi connectivity index (χ3n) is 3.79. The summed E-state index contributed by atoms with van der Waals surface area (Å²) in [6, 6.07) is 7.37. The number of piperazine rings is 1. The minimum absolute atomic E-state index is 0. The first kappa shape index (κ1) is 20.2. The smallest absolute Gasteiger partial charge is 0.321 e. The maximum atomic E-state index is 12.1. The molecule has 0 aromatic heterocycles. The molecule has 24 heavy (non-hydrogen) atoms. The second-order valence-electron chi connectivity index (χ2n) is 5.34. The average molecular weight is 357 g/mol. The quantitative estimate of drug-likeness (QED) is 0.730. The fourth-order valence-electron chi connectivity index (χ4n) is 2.74. The summed E-state index contributed by atoms with van der Waals surface area (Å²) in [7, 11) is 1.64. The Hall–Kier alpha value is -1.83. The number of rotatable bonds is 5. The lowest BCUT2D eigenvalue weighted by Gasteiger charge is -2.36. The van der Waals surface area contributed by atoms with Crippen LogP contribution in [0.25, 0.3) is 0 Å². The predicted molar refractivity (Wildman–Crippen MR) is 94.6 cm³/mol. The van der Waals surface area contributed by atoms with Crippen molar-refractivity contribution < 1.29 is 14.3 Å². The molecule has 1 unspecified atom stereocenters. The molecule has 2 rings (SSSR count). The Morgan fingerprint density at radius 1 is 1.38 bits per heavy atom. The van der Waals surface area contributed by atoms with E-state index in [-0.39, 0.29) is 30.9 Å². The number of amides is 3. The third-order valence-corrected chi connectivity index (χ3v) is 3.79. The molecule has 1 saturated heterocycles. The number of benzene rings is 1. The molecular weight excluding hydrogens is 332 g/mol. The summed E-state index contributed by atoms with van der Waals surface area (Å²) in [5.41, 5.74) is 1.04. The Morgan fingerprint density at radius 3 is 2.83 bits per heavy atom. The molecule has 1 heterocycles. The van der Waals surface area contributed by atoms with Crippen molar-refractivity contribution in [2.75, 3.05) is 39.8 Å². The van der Waals surface area contributed by atoms with Crippen molar-refractivity contribution in [1.82, 2.24) is 20.9 Å². The normalized spacial score (nSPS) is 17.5. The number of nitrogens with one attached hydrogen (secondary N) is 3. The van der Waals surface area contributed by atoms with E-state index in [1.165, 1.54) is 0 Å². The molecular formula is C16H25ClN4O3. The van der Waals surface area contributed by atoms with E-state index in [4.69, 9.17) is 4.74 Å². The highest BCUT2D eigenvalue weighted by Crippen LogP contribution is 2.29. The van der Waals surface area contributed by atoms with E-state index in [0.29, 0.717) is 6.54 Å². The standard InChI is InChI=1S/C16H24N4O3.ClH/c1-3-18-16(22)19-15(21)11-20-9-8-17-10-13(20)12-6-4-5-7-14(12)23-2;/h4-7,13,17H,3,8-11H2,1-2H3,(H2,18,19,21,22);1H. The van der Waals surface area contributed by atoms with Crippen LogP contribution >= 0.6 is 12.4 Å². The fraction of sp³-hybridized carbons (Fsp3) is 0.500. The van der Waals surface area contributed by atoms with Crippen molar-refractivity contribution in [1.29, 1.82) is 0 Å². The number of carbonyl (C=O) groups is 2. The summed E-state index contributed by atoms with van der Waals surface area (Å²) in [5, 5.41) is 8.24. The lowest BCUT2D eigenvalue weighted by atomic mass is 10.0. The Kier molecular flexibility index (Phi) is 8.53. The van der Waals surface area contributed by atoms with Crippen molar-refractivity contribution in [2.24, 2.45) is 0 Å². The van der Waals surface area contributed by atoms with Crippen molar-refractivity contribution in [3.8, 4) is 5.75 Å². The van der Waals surface area contributed by atoms with Gasteiger partial charge < -0.3 is 15.4 Å². The molecule has 0 saturated carbocycles. The molecule has 1 aromatic carbocycles. The molecule has 134 valence electrons. The van der Waals surface area contributed by atoms with Crippen LogP contribution in [0.15, 0.2) is 24.3 Å². The van der Waals surface area contributed by atoms with Crippen LogP contribution in [-0.4, -0.2) is 56.7 Å². The van der Waals surface area contributed by atoms with Crippen molar-refractivity contribution in [3.63, 3.8) is 0 Å². The van der Waals surface area contributed by atoms with Crippen molar-refractivity contribution in [3.05, 3.63) is 29.8 Å². The average Bonchev–Trinajstić information content (AvgIpc) is 2.55. The van der Waals surface area contributed by atoms with Crippen molar-refractivity contribution in [2.45, 2.75) is 13.0 Å². The van der Waals surface area contributed by atoms with Gasteiger partial charge in [-0.15, -0.1) is 12.4 Å². The van der Waals surface area contributed by atoms with Gasteiger partial charge >= 0.3 is 6.03 Å². The molecule has 1 fully saturated rings. The summed E-state index contributed by atoms with van der Waals surface area (Å²) in [4.78, 5) is 25.6. The molecule has 8 heteroatoms. The highest BCUT2D eigenvalue weighted by molar-refractivity contribution is 5.95. The van der Waals surface area contributed by atoms with E-state index in [9.17, 15) is 9.59 Å². The number of hydrogen-bond acceptors (Lipinski definition) is 5. The molecule has 3 amide bonds. The van der Waals surface area contributed by atoms with Gasteiger partial charge in [-0.05, 0) is 13.0 Å². The van der Waals surface area contributed by atoms with Gasteiger partial charge in [0.25, 0.3) is 0 Å². The first-order valence-electron chi connectivity index (χ1n) is 7.81. The first-order chi connectivity index (χ1) is 11.2. The topological polar surface area (TPSA) is 82.7 Å². The molecule has 0 spiro atoms. The zero-order valence-electron chi connectivity index (χ0n) is 14.0. The molecule has 1 atom stereocenters. The Labute approximate surface area is 148 Å². The van der Waals surface area contributed by atoms with Crippen LogP contribution in [0.2, 0.25) is 0 Å². The lowest BCUT2D eigenvalue weighted by Crippen LogP contribution is -2.51. The van der Waals surface area contributed by atoms with Crippen LogP contribution < -0.4 is 20.7 Å². The minimum atomic E-state index is -0.457. The Morgan fingerprint density at radius 2 is 2.12 bits per heavy atom. The highest BCUT2D eigenvalue weighted by atomic mass is 35.5. The molecule has 0 aliphatic carbocycles. The summed E-state index contributed by atoms with van der Waals surface area (Å²) in [6.07, 6.45) is 0. The number of urea groups is 1. The molecule has 0 radical (unpaired) electrons. The number of nitrogens with zero attached hydrogens (tertiary/aromatic N) is 1. The number of hydrogen-bond donors (Lipinski definition) is 3. The van der Waals surface area contributed by atoms with Crippen LogP contribution in [0.3, 0.4) is 0 Å². The minimum Gasteiger partial charge on any atom is -0.496 e. The first-order valence-corrected chi connectivity index (χ1v) is 7.81. The van der Waals surface area contributed by atoms with E-state index in [1.807, 2.05) is 24.3 Å². The lowest BCUT2D eigenvalue weighted by molar-refractivity contribution is -0.122. The third kappa shape index (κ3) is 5.36. The fourth-order valence-corrected chi connectivity index (χ4v) is 2.74. The highest BCUT2D eigenvalue weighted by Gasteiger charge is 2.27. The van der Waals surface area contributed by atoms with Gasteiger partial charge in [-0.3, -0.25) is 15.0 Å². The number of halogens is 1. The second-order valence-corrected chi connectivity index (χ2v) is 5.34. The zero-order valence-corrected chi connectivity index (χ0v) is 14.8. The van der Waals surface area contributed by atoms with Gasteiger partial charge in [-0.25, -0.2) is 4.79 Å². The van der Waals surface area contributed by atoms with E-state index in [1.54, 1.807) is 14.0 Å². The van der Waals surface area contributed by atoms with E-state index in [0.717, 1.165) is 30.9 Å². The number of ether oxygens (including phenoxy) is 1. The van der Waals surface area contributed by atoms with Gasteiger partial charge in [0.2, 0.25) is 5.91 Å². The van der Waals surface area contributed by atoms with Crippen LogP contribution in [0.4, 0.5) is 4.79 Å². The maximum Gasteiger partial charge on any atom is 0.321 e. The second kappa shape index (κ2) is 10.1. The van der Waals surface area contributed by atoms with Crippen LogP contribution in [-0.2, 0) is 4.79 Å². The molecule has 7 nitrogen and oxygen atoms in total. The van der Waals surface area contributed by atoms with Gasteiger partial charge in [-0.1, -0.05) is 18.2 Å². The van der Waals surface area contributed by atoms with Gasteiger partial charge in [0.15, 0.2) is 0 Å². The van der Waals surface area contributed by atoms with Gasteiger partial charge in [0.1, 0.15) is 5.75 Å². The van der Waals surface area contributed by atoms with Crippen LogP contribution in [0, 0.1) is 0 Å². The van der Waals surface area contributed by atoms with Gasteiger partial charge in [0, 0.05) is 31.7 Å². The molecule has 1 aromatic rings. The van der Waals surface area contributed by atoms with Crippen molar-refractivity contribution >= 4 is 24.3 Å². The number of methoxy groups -OCH3 is 1. The van der Waals surface area contributed by atoms with E-state index in [2.05, 4.69) is 20.9 Å². The van der Waals surface area contributed by atoms with Crippen LogP contribution in [0.1, 0.15) is 18.5 Å². The van der Waals surface area contributed by atoms with Gasteiger partial charge in [-0.2, -0.15) is 0 Å². The molecule has 1 aliphatic heterocycles. The summed E-state index contributed by atoms with van der Waals surface area (Å²) in [5.74, 6) is 0.494. The SMILES string of the molecule is CCNC(=O)NC(=O)CN1CCNCC1c1ccccc1OC.Cl. The largest absolute Gasteiger partial charge is 0.496 e. The number of para-hydroxylation sites is 1. The summed E-state index contributed by atoms with van der Waals surface area (Å²) >= 11 is 0. The predicted octanol–water partition coefficient (Wildman–Crippen LogP) is 0.909. The Balaban J connectivity index is 0.00000288. The molecule has 1 aliphatic rings. The monoisotopic (exact) mass is 356 g/mol. The maximum absolute atomic E-state index is 12.1. The summed E-state index contributed by atoms with van der Waals surface area (Å²) < 4.78 is 5.43. The Bertz CT molecular complexity index is 556. The molecule has 0 bridgehead atoms. The molecule has 3 N–H and O–H groups in total. The van der Waals surface area contributed by atoms with E-state index >= 15 is 0 Å². The van der Waals surface area contributed by atoms with E-state index < -0.39 is 6.03 Å². The zero-order chi connectivity index (χ0) is 16.7. The van der Waals surface area contributed by atoms with Gasteiger partial charge in [0.05, 0.1) is 19.7 Å². The summed E-state index contributed by atoms with van der Waals surface area (Å²) in [6.45, 7) is 4.72. The number of carbonyl (C=O) groups excluding carboxylic acids is 2.